The van der Waals surface area contributed by atoms with Crippen LogP contribution in [0.5, 0.6) is 0 Å². The van der Waals surface area contributed by atoms with Gasteiger partial charge in [-0.1, -0.05) is 25.1 Å². The fourth-order valence-corrected chi connectivity index (χ4v) is 4.15. The van der Waals surface area contributed by atoms with Crippen molar-refractivity contribution in [2.75, 3.05) is 18.0 Å². The van der Waals surface area contributed by atoms with Crippen LogP contribution in [0.3, 0.4) is 0 Å². The Morgan fingerprint density at radius 2 is 1.92 bits per heavy atom. The highest BCUT2D eigenvalue weighted by Crippen LogP contribution is 2.27. The zero-order valence-electron chi connectivity index (χ0n) is 15.6. The molecule has 2 saturated heterocycles. The molecule has 0 spiro atoms. The first-order chi connectivity index (χ1) is 12.1. The number of para-hydroxylation sites is 1. The quantitative estimate of drug-likeness (QED) is 0.826. The van der Waals surface area contributed by atoms with Gasteiger partial charge in [0.2, 0.25) is 11.8 Å². The van der Waals surface area contributed by atoms with E-state index in [1.54, 1.807) is 4.90 Å². The van der Waals surface area contributed by atoms with Gasteiger partial charge in [0.1, 0.15) is 6.04 Å². The van der Waals surface area contributed by atoms with Gasteiger partial charge in [0.25, 0.3) is 0 Å². The Labute approximate surface area is 162 Å². The van der Waals surface area contributed by atoms with Gasteiger partial charge < -0.3 is 15.5 Å². The Hall–Kier alpha value is -1.59. The predicted molar refractivity (Wildman–Crippen MR) is 107 cm³/mol. The zero-order valence-corrected chi connectivity index (χ0v) is 16.4. The van der Waals surface area contributed by atoms with Crippen LogP contribution in [0.25, 0.3) is 0 Å². The summed E-state index contributed by atoms with van der Waals surface area (Å²) in [4.78, 5) is 27.0. The molecule has 2 fully saturated rings. The SMILES string of the molecule is CC(CC(=O)NC1CC(C)N(c2ccccc2)C1=O)C1CCNCC1.Cl. The van der Waals surface area contributed by atoms with Crippen LogP contribution in [-0.4, -0.2) is 37.0 Å². The lowest BCUT2D eigenvalue weighted by Crippen LogP contribution is -2.43. The highest BCUT2D eigenvalue weighted by atomic mass is 35.5. The van der Waals surface area contributed by atoms with E-state index < -0.39 is 6.04 Å². The molecule has 5 nitrogen and oxygen atoms in total. The molecule has 2 heterocycles. The predicted octanol–water partition coefficient (Wildman–Crippen LogP) is 2.74. The van der Waals surface area contributed by atoms with E-state index in [1.807, 2.05) is 37.3 Å². The van der Waals surface area contributed by atoms with Crippen LogP contribution in [0.2, 0.25) is 0 Å². The van der Waals surface area contributed by atoms with E-state index in [2.05, 4.69) is 17.6 Å². The number of hydrogen-bond donors (Lipinski definition) is 2. The Balaban J connectivity index is 0.00000243. The van der Waals surface area contributed by atoms with E-state index in [0.29, 0.717) is 24.7 Å². The summed E-state index contributed by atoms with van der Waals surface area (Å²) in [7, 11) is 0. The third kappa shape index (κ3) is 4.77. The molecule has 2 aliphatic rings. The van der Waals surface area contributed by atoms with Crippen LogP contribution in [0.15, 0.2) is 30.3 Å². The van der Waals surface area contributed by atoms with E-state index >= 15 is 0 Å². The molecule has 0 aliphatic carbocycles. The van der Waals surface area contributed by atoms with Crippen molar-refractivity contribution >= 4 is 29.9 Å². The van der Waals surface area contributed by atoms with Crippen molar-refractivity contribution in [2.45, 2.75) is 51.6 Å². The minimum Gasteiger partial charge on any atom is -0.344 e. The second kappa shape index (κ2) is 9.38. The van der Waals surface area contributed by atoms with E-state index in [0.717, 1.165) is 31.6 Å². The van der Waals surface area contributed by atoms with Crippen molar-refractivity contribution < 1.29 is 9.59 Å². The largest absolute Gasteiger partial charge is 0.344 e. The first-order valence-corrected chi connectivity index (χ1v) is 9.44. The van der Waals surface area contributed by atoms with E-state index in [-0.39, 0.29) is 30.3 Å². The lowest BCUT2D eigenvalue weighted by Gasteiger charge is -2.28. The summed E-state index contributed by atoms with van der Waals surface area (Å²) in [6.45, 7) is 6.28. The summed E-state index contributed by atoms with van der Waals surface area (Å²) < 4.78 is 0. The Kier molecular flexibility index (Phi) is 7.47. The van der Waals surface area contributed by atoms with Crippen LogP contribution in [0.4, 0.5) is 5.69 Å². The monoisotopic (exact) mass is 379 g/mol. The fourth-order valence-electron chi connectivity index (χ4n) is 4.15. The van der Waals surface area contributed by atoms with Gasteiger partial charge in [-0.3, -0.25) is 9.59 Å². The van der Waals surface area contributed by atoms with Crippen molar-refractivity contribution in [3.05, 3.63) is 30.3 Å². The molecule has 3 atom stereocenters. The number of amides is 2. The van der Waals surface area contributed by atoms with Gasteiger partial charge in [-0.25, -0.2) is 0 Å². The number of nitrogens with zero attached hydrogens (tertiary/aromatic N) is 1. The van der Waals surface area contributed by atoms with E-state index in [4.69, 9.17) is 0 Å². The van der Waals surface area contributed by atoms with Gasteiger partial charge in [-0.15, -0.1) is 12.4 Å². The van der Waals surface area contributed by atoms with Crippen molar-refractivity contribution in [3.63, 3.8) is 0 Å². The summed E-state index contributed by atoms with van der Waals surface area (Å²) in [5, 5.41) is 6.35. The summed E-state index contributed by atoms with van der Waals surface area (Å²) in [5.41, 5.74) is 0.903. The number of benzene rings is 1. The van der Waals surface area contributed by atoms with Crippen molar-refractivity contribution in [1.29, 1.82) is 0 Å². The van der Waals surface area contributed by atoms with Crippen LogP contribution in [0, 0.1) is 11.8 Å². The van der Waals surface area contributed by atoms with Gasteiger partial charge in [0.05, 0.1) is 0 Å². The zero-order chi connectivity index (χ0) is 17.8. The first kappa shape index (κ1) is 20.7. The molecular formula is C20H30ClN3O2. The third-order valence-corrected chi connectivity index (χ3v) is 5.62. The van der Waals surface area contributed by atoms with Gasteiger partial charge in [-0.2, -0.15) is 0 Å². The van der Waals surface area contributed by atoms with Crippen molar-refractivity contribution in [1.82, 2.24) is 10.6 Å². The lowest BCUT2D eigenvalue weighted by atomic mass is 9.84. The van der Waals surface area contributed by atoms with Crippen molar-refractivity contribution in [3.8, 4) is 0 Å². The van der Waals surface area contributed by atoms with E-state index in [1.165, 1.54) is 0 Å². The van der Waals surface area contributed by atoms with Gasteiger partial charge in [-0.05, 0) is 63.2 Å². The molecule has 3 rings (SSSR count). The molecule has 1 aromatic carbocycles. The second-order valence-electron chi connectivity index (χ2n) is 7.52. The van der Waals surface area contributed by atoms with Crippen LogP contribution < -0.4 is 15.5 Å². The topological polar surface area (TPSA) is 61.4 Å². The molecule has 0 radical (unpaired) electrons. The normalized spacial score (nSPS) is 24.8. The Bertz CT molecular complexity index is 604. The second-order valence-corrected chi connectivity index (χ2v) is 7.52. The maximum atomic E-state index is 12.7. The van der Waals surface area contributed by atoms with Crippen molar-refractivity contribution in [2.24, 2.45) is 11.8 Å². The standard InChI is InChI=1S/C20H29N3O2.ClH/c1-14(16-8-10-21-11-9-16)12-19(24)22-18-13-15(2)23(20(18)25)17-6-4-3-5-7-17;/h3-7,14-16,18,21H,8-13H2,1-2H3,(H,22,24);1H. The molecule has 0 aromatic heterocycles. The fraction of sp³-hybridized carbons (Fsp3) is 0.600. The summed E-state index contributed by atoms with van der Waals surface area (Å²) in [6.07, 6.45) is 3.45. The van der Waals surface area contributed by atoms with Crippen LogP contribution in [-0.2, 0) is 9.59 Å². The minimum atomic E-state index is -0.400. The number of piperidine rings is 1. The smallest absolute Gasteiger partial charge is 0.249 e. The molecule has 1 aromatic rings. The molecule has 144 valence electrons. The molecule has 6 heteroatoms. The first-order valence-electron chi connectivity index (χ1n) is 9.44. The number of carbonyl (C=O) groups is 2. The average molecular weight is 380 g/mol. The Morgan fingerprint density at radius 1 is 1.27 bits per heavy atom. The molecule has 0 bridgehead atoms. The highest BCUT2D eigenvalue weighted by molar-refractivity contribution is 6.02. The summed E-state index contributed by atoms with van der Waals surface area (Å²) >= 11 is 0. The summed E-state index contributed by atoms with van der Waals surface area (Å²) in [6, 6.07) is 9.39. The number of rotatable bonds is 5. The molecule has 2 aliphatic heterocycles. The van der Waals surface area contributed by atoms with E-state index in [9.17, 15) is 9.59 Å². The molecule has 2 N–H and O–H groups in total. The number of hydrogen-bond acceptors (Lipinski definition) is 3. The summed E-state index contributed by atoms with van der Waals surface area (Å²) in [5.74, 6) is 0.973. The lowest BCUT2D eigenvalue weighted by molar-refractivity contribution is -0.127. The van der Waals surface area contributed by atoms with Crippen LogP contribution >= 0.6 is 12.4 Å². The number of anilines is 1. The maximum Gasteiger partial charge on any atom is 0.249 e. The molecule has 26 heavy (non-hydrogen) atoms. The molecular weight excluding hydrogens is 350 g/mol. The third-order valence-electron chi connectivity index (χ3n) is 5.62. The molecule has 2 amide bonds. The molecule has 0 saturated carbocycles. The van der Waals surface area contributed by atoms with Gasteiger partial charge >= 0.3 is 0 Å². The highest BCUT2D eigenvalue weighted by Gasteiger charge is 2.38. The van der Waals surface area contributed by atoms with Crippen LogP contribution in [0.1, 0.15) is 39.5 Å². The number of halogens is 1. The number of nitrogens with one attached hydrogen (secondary N) is 2. The minimum absolute atomic E-state index is 0. The van der Waals surface area contributed by atoms with Gasteiger partial charge in [0.15, 0.2) is 0 Å². The average Bonchev–Trinajstić information content (AvgIpc) is 2.89. The molecule has 3 unspecified atom stereocenters. The maximum absolute atomic E-state index is 12.7. The Morgan fingerprint density at radius 3 is 2.58 bits per heavy atom. The van der Waals surface area contributed by atoms with Gasteiger partial charge in [0, 0.05) is 18.2 Å². The number of carbonyl (C=O) groups excluding carboxylic acids is 2.